The number of aromatic nitrogens is 1. The monoisotopic (exact) mass is 618 g/mol. The summed E-state index contributed by atoms with van der Waals surface area (Å²) in [4.78, 5) is 7.43. The van der Waals surface area contributed by atoms with Crippen molar-refractivity contribution in [1.82, 2.24) is 4.98 Å². The first kappa shape index (κ1) is 26.6. The molecular formula is C43H26N2O3. The highest BCUT2D eigenvalue weighted by molar-refractivity contribution is 6.20. The van der Waals surface area contributed by atoms with Crippen molar-refractivity contribution < 1.29 is 13.3 Å². The van der Waals surface area contributed by atoms with Crippen LogP contribution in [0, 0.1) is 0 Å². The maximum atomic E-state index is 6.76. The van der Waals surface area contributed by atoms with Crippen LogP contribution in [0.1, 0.15) is 0 Å². The molecule has 0 N–H and O–H groups in total. The average molecular weight is 619 g/mol. The Balaban J connectivity index is 1.33. The van der Waals surface area contributed by atoms with Crippen molar-refractivity contribution in [3.63, 3.8) is 0 Å². The van der Waals surface area contributed by atoms with Crippen LogP contribution in [0.4, 0.5) is 17.1 Å². The fraction of sp³-hybridized carbons (Fsp3) is 0. The van der Waals surface area contributed by atoms with Gasteiger partial charge in [0, 0.05) is 27.4 Å². The summed E-state index contributed by atoms with van der Waals surface area (Å²) in [5.74, 6) is 0.551. The Labute approximate surface area is 274 Å². The first-order valence-corrected chi connectivity index (χ1v) is 16.0. The number of anilines is 3. The maximum absolute atomic E-state index is 6.76. The molecule has 0 bridgehead atoms. The van der Waals surface area contributed by atoms with E-state index in [9.17, 15) is 0 Å². The summed E-state index contributed by atoms with van der Waals surface area (Å²) >= 11 is 0. The standard InChI is InChI=1S/C43H26N2O3/c1-3-12-27(13-4-1)28-22-24-30(25-23-28)45(34-18-11-21-37-39(34)32-17-8-10-20-36(32)46-37)41-40-38(48-43(44-40)29-14-5-2-6-15-29)26-33-31-16-7-9-19-35(31)47-42(33)41/h1-26H. The Morgan fingerprint density at radius 3 is 1.83 bits per heavy atom. The van der Waals surface area contributed by atoms with E-state index < -0.39 is 0 Å². The molecule has 0 spiro atoms. The zero-order valence-corrected chi connectivity index (χ0v) is 25.6. The van der Waals surface area contributed by atoms with Gasteiger partial charge in [-0.25, -0.2) is 4.98 Å². The molecule has 48 heavy (non-hydrogen) atoms. The predicted molar refractivity (Wildman–Crippen MR) is 194 cm³/mol. The third kappa shape index (κ3) is 4.08. The second-order valence-corrected chi connectivity index (χ2v) is 11.9. The second-order valence-electron chi connectivity index (χ2n) is 11.9. The maximum Gasteiger partial charge on any atom is 0.227 e. The number of para-hydroxylation sites is 2. The highest BCUT2D eigenvalue weighted by Gasteiger charge is 2.28. The van der Waals surface area contributed by atoms with Crippen molar-refractivity contribution in [1.29, 1.82) is 0 Å². The summed E-state index contributed by atoms with van der Waals surface area (Å²) in [5, 5.41) is 4.01. The van der Waals surface area contributed by atoms with Gasteiger partial charge in [-0.2, -0.15) is 0 Å². The summed E-state index contributed by atoms with van der Waals surface area (Å²) in [6, 6.07) is 53.7. The Kier molecular flexibility index (Phi) is 5.81. The summed E-state index contributed by atoms with van der Waals surface area (Å²) in [7, 11) is 0. The van der Waals surface area contributed by atoms with Gasteiger partial charge in [0.1, 0.15) is 28.0 Å². The number of hydrogen-bond acceptors (Lipinski definition) is 5. The average Bonchev–Trinajstić information content (AvgIpc) is 3.86. The van der Waals surface area contributed by atoms with E-state index in [0.29, 0.717) is 17.0 Å². The largest absolute Gasteiger partial charge is 0.456 e. The highest BCUT2D eigenvalue weighted by Crippen LogP contribution is 2.49. The minimum atomic E-state index is 0.551. The molecule has 0 aliphatic heterocycles. The van der Waals surface area contributed by atoms with Crippen LogP contribution in [0.5, 0.6) is 0 Å². The molecule has 0 fully saturated rings. The van der Waals surface area contributed by atoms with Crippen molar-refractivity contribution in [2.75, 3.05) is 4.90 Å². The van der Waals surface area contributed by atoms with Crippen LogP contribution >= 0.6 is 0 Å². The molecule has 5 heteroatoms. The van der Waals surface area contributed by atoms with Crippen molar-refractivity contribution in [2.24, 2.45) is 0 Å². The van der Waals surface area contributed by atoms with Gasteiger partial charge in [0.2, 0.25) is 5.89 Å². The molecule has 0 saturated carbocycles. The van der Waals surface area contributed by atoms with Gasteiger partial charge in [-0.1, -0.05) is 103 Å². The lowest BCUT2D eigenvalue weighted by Crippen LogP contribution is -2.11. The predicted octanol–water partition coefficient (Wildman–Crippen LogP) is 12.4. The van der Waals surface area contributed by atoms with Crippen LogP contribution < -0.4 is 4.90 Å². The van der Waals surface area contributed by atoms with Crippen molar-refractivity contribution >= 4 is 72.0 Å². The van der Waals surface area contributed by atoms with Gasteiger partial charge in [0.05, 0.1) is 11.1 Å². The van der Waals surface area contributed by atoms with Gasteiger partial charge >= 0.3 is 0 Å². The molecule has 5 nitrogen and oxygen atoms in total. The van der Waals surface area contributed by atoms with Gasteiger partial charge in [-0.05, 0) is 65.7 Å². The Hall–Kier alpha value is -6.59. The molecule has 0 aliphatic rings. The number of fused-ring (bicyclic) bond motifs is 7. The lowest BCUT2D eigenvalue weighted by atomic mass is 10.0. The first-order valence-electron chi connectivity index (χ1n) is 16.0. The van der Waals surface area contributed by atoms with Crippen molar-refractivity contribution in [2.45, 2.75) is 0 Å². The fourth-order valence-electron chi connectivity index (χ4n) is 6.90. The summed E-state index contributed by atoms with van der Waals surface area (Å²) in [5.41, 5.74) is 10.4. The number of nitrogens with zero attached hydrogens (tertiary/aromatic N) is 2. The zero-order valence-electron chi connectivity index (χ0n) is 25.6. The molecule has 7 aromatic carbocycles. The first-order chi connectivity index (χ1) is 23.8. The summed E-state index contributed by atoms with van der Waals surface area (Å²) < 4.78 is 19.7. The van der Waals surface area contributed by atoms with Crippen LogP contribution in [0.2, 0.25) is 0 Å². The Morgan fingerprint density at radius 1 is 0.438 bits per heavy atom. The normalized spacial score (nSPS) is 11.8. The number of furan rings is 2. The van der Waals surface area contributed by atoms with E-state index in [1.807, 2.05) is 78.9 Å². The molecule has 226 valence electrons. The molecule has 0 amide bonds. The van der Waals surface area contributed by atoms with E-state index in [1.54, 1.807) is 0 Å². The third-order valence-corrected chi connectivity index (χ3v) is 9.10. The van der Waals surface area contributed by atoms with Crippen LogP contribution in [-0.2, 0) is 0 Å². The van der Waals surface area contributed by atoms with Crippen LogP contribution in [0.15, 0.2) is 171 Å². The summed E-state index contributed by atoms with van der Waals surface area (Å²) in [6.07, 6.45) is 0. The van der Waals surface area contributed by atoms with E-state index in [-0.39, 0.29) is 0 Å². The molecule has 0 atom stereocenters. The molecular weight excluding hydrogens is 592 g/mol. The van der Waals surface area contributed by atoms with Gasteiger partial charge in [-0.3, -0.25) is 0 Å². The SMILES string of the molecule is c1ccc(-c2ccc(N(c3c4nc(-c5ccccc5)oc4cc4c3oc3ccccc34)c3cccc4oc5ccccc5c34)cc2)cc1. The van der Waals surface area contributed by atoms with Gasteiger partial charge in [0.15, 0.2) is 11.2 Å². The summed E-state index contributed by atoms with van der Waals surface area (Å²) in [6.45, 7) is 0. The van der Waals surface area contributed by atoms with E-state index >= 15 is 0 Å². The van der Waals surface area contributed by atoms with E-state index in [2.05, 4.69) is 83.8 Å². The van der Waals surface area contributed by atoms with Crippen LogP contribution in [0.25, 0.3) is 77.6 Å². The van der Waals surface area contributed by atoms with E-state index in [4.69, 9.17) is 18.2 Å². The molecule has 3 aromatic heterocycles. The molecule has 10 rings (SSSR count). The lowest BCUT2D eigenvalue weighted by Gasteiger charge is -2.26. The van der Waals surface area contributed by atoms with E-state index in [1.165, 1.54) is 0 Å². The highest BCUT2D eigenvalue weighted by atomic mass is 16.4. The van der Waals surface area contributed by atoms with Crippen LogP contribution in [-0.4, -0.2) is 4.98 Å². The molecule has 0 saturated heterocycles. The Bertz CT molecular complexity index is 2770. The fourth-order valence-corrected chi connectivity index (χ4v) is 6.90. The number of hydrogen-bond donors (Lipinski definition) is 0. The number of rotatable bonds is 5. The number of benzene rings is 7. The quantitative estimate of drug-likeness (QED) is 0.192. The van der Waals surface area contributed by atoms with Gasteiger partial charge in [0.25, 0.3) is 0 Å². The van der Waals surface area contributed by atoms with Gasteiger partial charge in [-0.15, -0.1) is 0 Å². The minimum absolute atomic E-state index is 0.551. The van der Waals surface area contributed by atoms with Crippen molar-refractivity contribution in [3.8, 4) is 22.6 Å². The van der Waals surface area contributed by atoms with Gasteiger partial charge < -0.3 is 18.2 Å². The zero-order chi connectivity index (χ0) is 31.6. The lowest BCUT2D eigenvalue weighted by molar-refractivity contribution is 0.620. The van der Waals surface area contributed by atoms with Crippen LogP contribution in [0.3, 0.4) is 0 Å². The minimum Gasteiger partial charge on any atom is -0.456 e. The molecule has 0 aliphatic carbocycles. The molecule has 0 unspecified atom stereocenters. The van der Waals surface area contributed by atoms with Crippen molar-refractivity contribution in [3.05, 3.63) is 158 Å². The second kappa shape index (κ2) is 10.5. The molecule has 3 heterocycles. The Morgan fingerprint density at radius 2 is 1.06 bits per heavy atom. The molecule has 0 radical (unpaired) electrons. The number of oxazole rings is 1. The van der Waals surface area contributed by atoms with E-state index in [0.717, 1.165) is 77.6 Å². The smallest absolute Gasteiger partial charge is 0.227 e. The topological polar surface area (TPSA) is 55.6 Å². The molecule has 10 aromatic rings. The third-order valence-electron chi connectivity index (χ3n) is 9.10.